The van der Waals surface area contributed by atoms with E-state index in [1.54, 1.807) is 0 Å². The Morgan fingerprint density at radius 3 is 2.45 bits per heavy atom. The fourth-order valence-electron chi connectivity index (χ4n) is 1.70. The third-order valence-electron chi connectivity index (χ3n) is 2.74. The van der Waals surface area contributed by atoms with Crippen molar-refractivity contribution in [3.8, 4) is 0 Å². The molecule has 0 amide bonds. The topological polar surface area (TPSA) is 32.3 Å². The fraction of sp³-hybridized carbons (Fsp3) is 0.143. The molecule has 0 saturated heterocycles. The molecule has 6 heteroatoms. The van der Waals surface area contributed by atoms with Crippen molar-refractivity contribution >= 4 is 17.3 Å². The fourth-order valence-corrected chi connectivity index (χ4v) is 1.88. The van der Waals surface area contributed by atoms with E-state index < -0.39 is 23.6 Å². The molecule has 0 aliphatic heterocycles. The molecule has 1 unspecified atom stereocenters. The minimum Gasteiger partial charge on any atom is -0.386 e. The highest BCUT2D eigenvalue weighted by atomic mass is 35.5. The quantitative estimate of drug-likeness (QED) is 0.897. The largest absolute Gasteiger partial charge is 0.386 e. The van der Waals surface area contributed by atoms with Crippen LogP contribution in [0.4, 0.5) is 18.9 Å². The van der Waals surface area contributed by atoms with E-state index in [9.17, 15) is 18.3 Å². The van der Waals surface area contributed by atoms with Crippen molar-refractivity contribution in [2.45, 2.75) is 6.10 Å². The number of nitrogens with one attached hydrogen (secondary N) is 1. The number of benzene rings is 2. The zero-order valence-electron chi connectivity index (χ0n) is 10.2. The van der Waals surface area contributed by atoms with Crippen LogP contribution in [0.5, 0.6) is 0 Å². The van der Waals surface area contributed by atoms with Crippen LogP contribution in [0.1, 0.15) is 11.7 Å². The molecule has 0 saturated carbocycles. The minimum atomic E-state index is -1.24. The SMILES string of the molecule is OC(CNc1ccc(F)c(Cl)c1)c1cc(F)ccc1F. The monoisotopic (exact) mass is 301 g/mol. The summed E-state index contributed by atoms with van der Waals surface area (Å²) in [5, 5.41) is 12.5. The van der Waals surface area contributed by atoms with Crippen LogP contribution in [0.25, 0.3) is 0 Å². The standard InChI is InChI=1S/C14H11ClF3NO/c15-11-6-9(2-4-13(11)18)19-7-14(20)10-5-8(16)1-3-12(10)17/h1-6,14,19-20H,7H2. The van der Waals surface area contributed by atoms with E-state index >= 15 is 0 Å². The van der Waals surface area contributed by atoms with E-state index in [1.807, 2.05) is 0 Å². The minimum absolute atomic E-state index is 0.0671. The van der Waals surface area contributed by atoms with Crippen LogP contribution < -0.4 is 5.32 Å². The van der Waals surface area contributed by atoms with Crippen molar-refractivity contribution in [3.05, 3.63) is 64.4 Å². The smallest absolute Gasteiger partial charge is 0.141 e. The van der Waals surface area contributed by atoms with Gasteiger partial charge < -0.3 is 10.4 Å². The number of halogens is 4. The molecule has 0 spiro atoms. The zero-order chi connectivity index (χ0) is 14.7. The van der Waals surface area contributed by atoms with Crippen LogP contribution in [0, 0.1) is 17.5 Å². The molecule has 0 radical (unpaired) electrons. The van der Waals surface area contributed by atoms with Gasteiger partial charge in [0.25, 0.3) is 0 Å². The number of aliphatic hydroxyl groups excluding tert-OH is 1. The molecule has 106 valence electrons. The maximum absolute atomic E-state index is 13.4. The maximum atomic E-state index is 13.4. The van der Waals surface area contributed by atoms with Gasteiger partial charge >= 0.3 is 0 Å². The average Bonchev–Trinajstić information content (AvgIpc) is 2.42. The summed E-state index contributed by atoms with van der Waals surface area (Å²) in [4.78, 5) is 0. The summed E-state index contributed by atoms with van der Waals surface area (Å²) < 4.78 is 39.4. The Morgan fingerprint density at radius 1 is 1.05 bits per heavy atom. The Balaban J connectivity index is 2.06. The van der Waals surface area contributed by atoms with Crippen LogP contribution in [0.2, 0.25) is 5.02 Å². The summed E-state index contributed by atoms with van der Waals surface area (Å²) in [5.41, 5.74) is 0.318. The van der Waals surface area contributed by atoms with Crippen molar-refractivity contribution in [2.24, 2.45) is 0 Å². The number of hydrogen-bond donors (Lipinski definition) is 2. The van der Waals surface area contributed by atoms with E-state index in [0.717, 1.165) is 18.2 Å². The van der Waals surface area contributed by atoms with Crippen molar-refractivity contribution in [1.29, 1.82) is 0 Å². The first-order valence-electron chi connectivity index (χ1n) is 5.79. The molecular formula is C14H11ClF3NO. The van der Waals surface area contributed by atoms with Gasteiger partial charge in [0.15, 0.2) is 0 Å². The summed E-state index contributed by atoms with van der Waals surface area (Å²) in [5.74, 6) is -1.89. The molecule has 0 heterocycles. The molecule has 0 aliphatic rings. The molecule has 2 N–H and O–H groups in total. The first-order chi connectivity index (χ1) is 9.47. The lowest BCUT2D eigenvalue weighted by Gasteiger charge is -2.14. The third-order valence-corrected chi connectivity index (χ3v) is 3.03. The van der Waals surface area contributed by atoms with Crippen LogP contribution in [-0.2, 0) is 0 Å². The highest BCUT2D eigenvalue weighted by Gasteiger charge is 2.14. The van der Waals surface area contributed by atoms with Gasteiger partial charge in [0.05, 0.1) is 11.1 Å². The molecule has 0 aromatic heterocycles. The highest BCUT2D eigenvalue weighted by molar-refractivity contribution is 6.31. The summed E-state index contributed by atoms with van der Waals surface area (Å²) in [7, 11) is 0. The van der Waals surface area contributed by atoms with Gasteiger partial charge in [-0.05, 0) is 36.4 Å². The molecule has 2 rings (SSSR count). The molecule has 1 atom stereocenters. The van der Waals surface area contributed by atoms with Crippen molar-refractivity contribution in [3.63, 3.8) is 0 Å². The molecular weight excluding hydrogens is 291 g/mol. The number of aliphatic hydroxyl groups is 1. The van der Waals surface area contributed by atoms with Gasteiger partial charge in [-0.2, -0.15) is 0 Å². The van der Waals surface area contributed by atoms with Crippen molar-refractivity contribution in [1.82, 2.24) is 0 Å². The number of anilines is 1. The normalized spacial score (nSPS) is 12.2. The Morgan fingerprint density at radius 2 is 1.75 bits per heavy atom. The molecule has 20 heavy (non-hydrogen) atoms. The molecule has 0 fully saturated rings. The van der Waals surface area contributed by atoms with Gasteiger partial charge in [-0.15, -0.1) is 0 Å². The third kappa shape index (κ3) is 3.43. The lowest BCUT2D eigenvalue weighted by atomic mass is 10.1. The van der Waals surface area contributed by atoms with Crippen LogP contribution in [0.15, 0.2) is 36.4 Å². The number of hydrogen-bond acceptors (Lipinski definition) is 2. The van der Waals surface area contributed by atoms with E-state index in [4.69, 9.17) is 11.6 Å². The van der Waals surface area contributed by atoms with Gasteiger partial charge in [0.2, 0.25) is 0 Å². The summed E-state index contributed by atoms with van der Waals surface area (Å²) >= 11 is 5.61. The Labute approximate surface area is 118 Å². The number of rotatable bonds is 4. The highest BCUT2D eigenvalue weighted by Crippen LogP contribution is 2.22. The molecule has 0 bridgehead atoms. The molecule has 0 aliphatic carbocycles. The second kappa shape index (κ2) is 6.15. The van der Waals surface area contributed by atoms with Crippen LogP contribution in [-0.4, -0.2) is 11.7 Å². The Bertz CT molecular complexity index is 621. The van der Waals surface area contributed by atoms with Gasteiger partial charge in [-0.3, -0.25) is 0 Å². The van der Waals surface area contributed by atoms with E-state index in [0.29, 0.717) is 5.69 Å². The lowest BCUT2D eigenvalue weighted by molar-refractivity contribution is 0.186. The maximum Gasteiger partial charge on any atom is 0.141 e. The summed E-state index contributed by atoms with van der Waals surface area (Å²) in [6.45, 7) is -0.0671. The van der Waals surface area contributed by atoms with Crippen LogP contribution >= 0.6 is 11.6 Å². The molecule has 2 aromatic rings. The first-order valence-corrected chi connectivity index (χ1v) is 6.17. The van der Waals surface area contributed by atoms with Crippen molar-refractivity contribution < 1.29 is 18.3 Å². The predicted molar refractivity (Wildman–Crippen MR) is 71.2 cm³/mol. The van der Waals surface area contributed by atoms with Gasteiger partial charge in [0.1, 0.15) is 17.5 Å². The lowest BCUT2D eigenvalue weighted by Crippen LogP contribution is -2.13. The van der Waals surface area contributed by atoms with E-state index in [1.165, 1.54) is 18.2 Å². The zero-order valence-corrected chi connectivity index (χ0v) is 11.0. The van der Waals surface area contributed by atoms with Gasteiger partial charge in [-0.25, -0.2) is 13.2 Å². The van der Waals surface area contributed by atoms with Gasteiger partial charge in [0, 0.05) is 17.8 Å². The van der Waals surface area contributed by atoms with Crippen molar-refractivity contribution in [2.75, 3.05) is 11.9 Å². The average molecular weight is 302 g/mol. The summed E-state index contributed by atoms with van der Waals surface area (Å²) in [6.07, 6.45) is -1.24. The van der Waals surface area contributed by atoms with Gasteiger partial charge in [-0.1, -0.05) is 11.6 Å². The van der Waals surface area contributed by atoms with Crippen LogP contribution in [0.3, 0.4) is 0 Å². The van der Waals surface area contributed by atoms with E-state index in [2.05, 4.69) is 5.32 Å². The second-order valence-corrected chi connectivity index (χ2v) is 4.60. The second-order valence-electron chi connectivity index (χ2n) is 4.19. The first kappa shape index (κ1) is 14.7. The molecule has 2 nitrogen and oxygen atoms in total. The van der Waals surface area contributed by atoms with E-state index in [-0.39, 0.29) is 17.1 Å². The predicted octanol–water partition coefficient (Wildman–Crippen LogP) is 3.90. The molecule has 2 aromatic carbocycles. The Hall–Kier alpha value is -1.72. The Kier molecular flexibility index (Phi) is 4.52. The summed E-state index contributed by atoms with van der Waals surface area (Å²) in [6, 6.07) is 6.78.